The smallest absolute Gasteiger partial charge is 0.220 e. The van der Waals surface area contributed by atoms with Crippen LogP contribution < -0.4 is 5.32 Å². The third-order valence-electron chi connectivity index (χ3n) is 5.73. The summed E-state index contributed by atoms with van der Waals surface area (Å²) in [6, 6.07) is 20.3. The Morgan fingerprint density at radius 1 is 0.971 bits per heavy atom. The van der Waals surface area contributed by atoms with Gasteiger partial charge in [0.2, 0.25) is 5.91 Å². The predicted molar refractivity (Wildman–Crippen MR) is 137 cm³/mol. The van der Waals surface area contributed by atoms with Crippen molar-refractivity contribution in [2.75, 3.05) is 6.26 Å². The lowest BCUT2D eigenvalue weighted by Gasteiger charge is -2.10. The topological polar surface area (TPSA) is 72.7 Å². The number of amides is 1. The number of rotatable bonds is 9. The summed E-state index contributed by atoms with van der Waals surface area (Å²) in [5.74, 6) is 0.00237. The molecule has 2 aromatic carbocycles. The van der Waals surface area contributed by atoms with Crippen LogP contribution in [-0.4, -0.2) is 31.9 Å². The fourth-order valence-corrected chi connectivity index (χ4v) is 4.42. The van der Waals surface area contributed by atoms with Crippen LogP contribution in [0.15, 0.2) is 72.0 Å². The van der Waals surface area contributed by atoms with Crippen LogP contribution in [0.3, 0.4) is 0 Å². The van der Waals surface area contributed by atoms with E-state index in [0.29, 0.717) is 25.9 Å². The number of carbonyl (C=O) groups is 1. The molecule has 34 heavy (non-hydrogen) atoms. The molecule has 4 rings (SSSR count). The molecule has 4 aromatic rings. The van der Waals surface area contributed by atoms with Crippen LogP contribution in [-0.2, 0) is 24.3 Å². The van der Waals surface area contributed by atoms with Crippen molar-refractivity contribution in [3.8, 4) is 11.3 Å². The lowest BCUT2D eigenvalue weighted by Crippen LogP contribution is -2.23. The Labute approximate surface area is 204 Å². The largest absolute Gasteiger partial charge is 0.352 e. The van der Waals surface area contributed by atoms with Crippen LogP contribution in [0.1, 0.15) is 34.5 Å². The van der Waals surface area contributed by atoms with Gasteiger partial charge in [-0.05, 0) is 37.7 Å². The van der Waals surface area contributed by atoms with E-state index in [4.69, 9.17) is 5.10 Å². The van der Waals surface area contributed by atoms with Crippen molar-refractivity contribution in [2.24, 2.45) is 0 Å². The lowest BCUT2D eigenvalue weighted by molar-refractivity contribution is -0.121. The van der Waals surface area contributed by atoms with Crippen molar-refractivity contribution >= 4 is 17.7 Å². The molecule has 0 aliphatic rings. The average molecular weight is 472 g/mol. The summed E-state index contributed by atoms with van der Waals surface area (Å²) >= 11 is 1.53. The van der Waals surface area contributed by atoms with Gasteiger partial charge in [0.05, 0.1) is 12.2 Å². The SMILES string of the molecule is CSc1nc(C)c(CCC(=O)NCc2cn(Cc3ccccc3)nc2-c2ccccc2)c(C)n1. The predicted octanol–water partition coefficient (Wildman–Crippen LogP) is 4.98. The third-order valence-corrected chi connectivity index (χ3v) is 6.28. The Balaban J connectivity index is 1.45. The van der Waals surface area contributed by atoms with E-state index >= 15 is 0 Å². The van der Waals surface area contributed by atoms with E-state index in [2.05, 4.69) is 27.4 Å². The van der Waals surface area contributed by atoms with Crippen molar-refractivity contribution in [3.63, 3.8) is 0 Å². The van der Waals surface area contributed by atoms with Gasteiger partial charge in [0.15, 0.2) is 5.16 Å². The first-order valence-electron chi connectivity index (χ1n) is 11.3. The van der Waals surface area contributed by atoms with E-state index < -0.39 is 0 Å². The Hall–Kier alpha value is -3.45. The Morgan fingerprint density at radius 2 is 1.62 bits per heavy atom. The first kappa shape index (κ1) is 23.7. The van der Waals surface area contributed by atoms with Gasteiger partial charge >= 0.3 is 0 Å². The number of aromatic nitrogens is 4. The number of nitrogens with one attached hydrogen (secondary N) is 1. The molecule has 1 amide bonds. The minimum absolute atomic E-state index is 0.00237. The fraction of sp³-hybridized carbons (Fsp3) is 0.259. The van der Waals surface area contributed by atoms with Gasteiger partial charge in [-0.2, -0.15) is 5.10 Å². The van der Waals surface area contributed by atoms with Crippen LogP contribution in [0.2, 0.25) is 0 Å². The highest BCUT2D eigenvalue weighted by atomic mass is 32.2. The van der Waals surface area contributed by atoms with E-state index in [9.17, 15) is 4.79 Å². The summed E-state index contributed by atoms with van der Waals surface area (Å²) in [6.45, 7) is 5.07. The normalized spacial score (nSPS) is 10.9. The summed E-state index contributed by atoms with van der Waals surface area (Å²) < 4.78 is 1.94. The summed E-state index contributed by atoms with van der Waals surface area (Å²) in [7, 11) is 0. The first-order valence-corrected chi connectivity index (χ1v) is 12.6. The maximum absolute atomic E-state index is 12.7. The van der Waals surface area contributed by atoms with Crippen LogP contribution in [0.4, 0.5) is 0 Å². The fourth-order valence-electron chi connectivity index (χ4n) is 3.97. The molecule has 2 aromatic heterocycles. The molecular weight excluding hydrogens is 442 g/mol. The molecule has 0 unspecified atom stereocenters. The Morgan fingerprint density at radius 3 is 2.26 bits per heavy atom. The van der Waals surface area contributed by atoms with Gasteiger partial charge in [0, 0.05) is 41.7 Å². The number of aryl methyl sites for hydroxylation is 2. The number of hydrogen-bond acceptors (Lipinski definition) is 5. The van der Waals surface area contributed by atoms with E-state index in [1.165, 1.54) is 17.3 Å². The molecule has 0 spiro atoms. The second-order valence-corrected chi connectivity index (χ2v) is 8.96. The molecule has 0 aliphatic carbocycles. The monoisotopic (exact) mass is 471 g/mol. The van der Waals surface area contributed by atoms with Crippen LogP contribution in [0, 0.1) is 13.8 Å². The Bertz CT molecular complexity index is 1230. The zero-order valence-electron chi connectivity index (χ0n) is 19.8. The highest BCUT2D eigenvalue weighted by molar-refractivity contribution is 7.98. The van der Waals surface area contributed by atoms with E-state index in [0.717, 1.165) is 38.9 Å². The molecule has 0 aliphatic heterocycles. The second-order valence-electron chi connectivity index (χ2n) is 8.19. The first-order chi connectivity index (χ1) is 16.5. The number of hydrogen-bond donors (Lipinski definition) is 1. The minimum Gasteiger partial charge on any atom is -0.352 e. The minimum atomic E-state index is 0.00237. The van der Waals surface area contributed by atoms with Crippen LogP contribution in [0.5, 0.6) is 0 Å². The van der Waals surface area contributed by atoms with Crippen molar-refractivity contribution in [3.05, 3.63) is 94.9 Å². The zero-order chi connectivity index (χ0) is 23.9. The summed E-state index contributed by atoms with van der Waals surface area (Å²) in [6.07, 6.45) is 5.01. The quantitative estimate of drug-likeness (QED) is 0.275. The summed E-state index contributed by atoms with van der Waals surface area (Å²) in [4.78, 5) is 21.7. The van der Waals surface area contributed by atoms with Crippen LogP contribution in [0.25, 0.3) is 11.3 Å². The molecule has 2 heterocycles. The maximum atomic E-state index is 12.7. The number of thioether (sulfide) groups is 1. The maximum Gasteiger partial charge on any atom is 0.220 e. The number of benzene rings is 2. The van der Waals surface area contributed by atoms with Gasteiger partial charge < -0.3 is 5.32 Å². The van der Waals surface area contributed by atoms with E-state index in [-0.39, 0.29) is 5.91 Å². The van der Waals surface area contributed by atoms with Crippen molar-refractivity contribution < 1.29 is 4.79 Å². The standard InChI is InChI=1S/C27H29N5OS/c1-19-24(20(2)30-27(29-19)34-3)14-15-25(33)28-16-23-18-32(17-21-10-6-4-7-11-21)31-26(23)22-12-8-5-9-13-22/h4-13,18H,14-17H2,1-3H3,(H,28,33). The highest BCUT2D eigenvalue weighted by Crippen LogP contribution is 2.23. The molecular formula is C27H29N5OS. The molecule has 0 saturated carbocycles. The highest BCUT2D eigenvalue weighted by Gasteiger charge is 2.14. The lowest BCUT2D eigenvalue weighted by atomic mass is 10.1. The summed E-state index contributed by atoms with van der Waals surface area (Å²) in [5, 5.41) is 8.68. The van der Waals surface area contributed by atoms with Gasteiger partial charge in [-0.15, -0.1) is 0 Å². The molecule has 0 saturated heterocycles. The number of carbonyl (C=O) groups excluding carboxylic acids is 1. The van der Waals surface area contributed by atoms with Gasteiger partial charge in [0.1, 0.15) is 0 Å². The van der Waals surface area contributed by atoms with Crippen LogP contribution >= 0.6 is 11.8 Å². The molecule has 0 fully saturated rings. The van der Waals surface area contributed by atoms with Gasteiger partial charge in [-0.3, -0.25) is 9.48 Å². The molecule has 7 heteroatoms. The van der Waals surface area contributed by atoms with E-state index in [1.807, 2.05) is 79.5 Å². The molecule has 174 valence electrons. The Kier molecular flexibility index (Phi) is 7.75. The van der Waals surface area contributed by atoms with Crippen molar-refractivity contribution in [1.29, 1.82) is 0 Å². The van der Waals surface area contributed by atoms with Crippen molar-refractivity contribution in [1.82, 2.24) is 25.1 Å². The number of nitrogens with zero attached hydrogens (tertiary/aromatic N) is 4. The van der Waals surface area contributed by atoms with Gasteiger partial charge in [0.25, 0.3) is 0 Å². The molecule has 0 bridgehead atoms. The average Bonchev–Trinajstić information content (AvgIpc) is 3.25. The van der Waals surface area contributed by atoms with E-state index in [1.54, 1.807) is 0 Å². The molecule has 0 radical (unpaired) electrons. The second kappa shape index (κ2) is 11.1. The molecule has 6 nitrogen and oxygen atoms in total. The molecule has 0 atom stereocenters. The van der Waals surface area contributed by atoms with Gasteiger partial charge in [-0.25, -0.2) is 9.97 Å². The molecule has 1 N–H and O–H groups in total. The van der Waals surface area contributed by atoms with Crippen molar-refractivity contribution in [2.45, 2.75) is 44.9 Å². The summed E-state index contributed by atoms with van der Waals surface area (Å²) in [5.41, 5.74) is 7.04. The third kappa shape index (κ3) is 5.91. The van der Waals surface area contributed by atoms with Gasteiger partial charge in [-0.1, -0.05) is 72.4 Å². The zero-order valence-corrected chi connectivity index (χ0v) is 20.6.